The summed E-state index contributed by atoms with van der Waals surface area (Å²) in [6, 6.07) is 2.46. The fourth-order valence-corrected chi connectivity index (χ4v) is 4.21. The molecule has 8 heteroatoms. The number of piperidine rings is 1. The van der Waals surface area contributed by atoms with Gasteiger partial charge in [-0.1, -0.05) is 0 Å². The number of halogens is 3. The molecule has 1 saturated carbocycles. The molecular formula is C21H29F3N2O3. The molecular weight excluding hydrogens is 385 g/mol. The summed E-state index contributed by atoms with van der Waals surface area (Å²) in [5, 5.41) is 9.83. The zero-order chi connectivity index (χ0) is 21.4. The van der Waals surface area contributed by atoms with E-state index in [1.54, 1.807) is 20.8 Å². The fraction of sp³-hybridized carbons (Fsp3) is 0.714. The number of aliphatic hydroxyl groups is 1. The third kappa shape index (κ3) is 5.41. The van der Waals surface area contributed by atoms with Crippen molar-refractivity contribution < 1.29 is 27.8 Å². The summed E-state index contributed by atoms with van der Waals surface area (Å²) in [6.07, 6.45) is -1.74. The van der Waals surface area contributed by atoms with Crippen LogP contribution in [0.25, 0.3) is 0 Å². The Labute approximate surface area is 169 Å². The van der Waals surface area contributed by atoms with Gasteiger partial charge in [-0.15, -0.1) is 0 Å². The zero-order valence-corrected chi connectivity index (χ0v) is 17.1. The van der Waals surface area contributed by atoms with Gasteiger partial charge >= 0.3 is 6.18 Å². The third-order valence-electron chi connectivity index (χ3n) is 5.72. The molecule has 2 heterocycles. The summed E-state index contributed by atoms with van der Waals surface area (Å²) in [5.41, 5.74) is -0.997. The highest BCUT2D eigenvalue weighted by molar-refractivity contribution is 5.80. The van der Waals surface area contributed by atoms with E-state index in [0.717, 1.165) is 18.9 Å². The second-order valence-electron chi connectivity index (χ2n) is 8.89. The maximum atomic E-state index is 13.2. The van der Waals surface area contributed by atoms with Crippen molar-refractivity contribution >= 4 is 5.91 Å². The van der Waals surface area contributed by atoms with Crippen LogP contribution >= 0.6 is 0 Å². The second-order valence-corrected chi connectivity index (χ2v) is 8.89. The van der Waals surface area contributed by atoms with E-state index in [9.17, 15) is 23.1 Å². The molecule has 0 aromatic carbocycles. The van der Waals surface area contributed by atoms with E-state index in [-0.39, 0.29) is 23.6 Å². The molecule has 2 fully saturated rings. The number of hydrogen-bond acceptors (Lipinski definition) is 4. The predicted octanol–water partition coefficient (Wildman–Crippen LogP) is 3.83. The van der Waals surface area contributed by atoms with Gasteiger partial charge in [-0.3, -0.25) is 4.79 Å². The lowest BCUT2D eigenvalue weighted by atomic mass is 9.71. The molecule has 5 nitrogen and oxygen atoms in total. The number of pyridine rings is 1. The van der Waals surface area contributed by atoms with Gasteiger partial charge in [-0.05, 0) is 70.9 Å². The molecule has 1 aromatic rings. The van der Waals surface area contributed by atoms with Crippen molar-refractivity contribution in [2.75, 3.05) is 13.1 Å². The van der Waals surface area contributed by atoms with Gasteiger partial charge in [-0.2, -0.15) is 13.2 Å². The molecule has 1 aromatic heterocycles. The Bertz CT molecular complexity index is 733. The van der Waals surface area contributed by atoms with E-state index in [1.807, 2.05) is 4.90 Å². The highest BCUT2D eigenvalue weighted by atomic mass is 19.4. The molecule has 1 aliphatic heterocycles. The van der Waals surface area contributed by atoms with Gasteiger partial charge in [0.15, 0.2) is 0 Å². The average Bonchev–Trinajstić information content (AvgIpc) is 2.58. The van der Waals surface area contributed by atoms with Crippen LogP contribution in [-0.2, 0) is 17.4 Å². The Kier molecular flexibility index (Phi) is 6.13. The van der Waals surface area contributed by atoms with E-state index in [1.165, 1.54) is 6.07 Å². The molecule has 1 saturated heterocycles. The first-order chi connectivity index (χ1) is 13.4. The number of likely N-dealkylation sites (tertiary alicyclic amines) is 1. The number of hydrogen-bond donors (Lipinski definition) is 1. The summed E-state index contributed by atoms with van der Waals surface area (Å²) in [7, 11) is 0. The van der Waals surface area contributed by atoms with Gasteiger partial charge in [0.05, 0.1) is 11.7 Å². The Balaban J connectivity index is 1.58. The van der Waals surface area contributed by atoms with Crippen LogP contribution in [0.1, 0.15) is 57.7 Å². The summed E-state index contributed by atoms with van der Waals surface area (Å²) < 4.78 is 44.9. The van der Waals surface area contributed by atoms with Crippen molar-refractivity contribution in [3.63, 3.8) is 0 Å². The first-order valence-electron chi connectivity index (χ1n) is 10.2. The summed E-state index contributed by atoms with van der Waals surface area (Å²) in [6.45, 7) is 6.36. The standard InChI is InChI=1S/C21H29F3N2O3/c1-13(2)29-18-17(21(22,23)24)5-4-16(25-18)10-14-6-8-26(9-7-14)19(27)15-11-20(3,28)12-15/h4-5,13-15,28H,6-12H2,1-3H3/t15-,20+. The lowest BCUT2D eigenvalue weighted by Crippen LogP contribution is -2.51. The van der Waals surface area contributed by atoms with E-state index in [2.05, 4.69) is 4.98 Å². The molecule has 0 atom stereocenters. The molecule has 29 heavy (non-hydrogen) atoms. The normalized spacial score (nSPS) is 25.8. The Hall–Kier alpha value is -1.83. The van der Waals surface area contributed by atoms with Crippen molar-refractivity contribution in [3.05, 3.63) is 23.4 Å². The van der Waals surface area contributed by atoms with Gasteiger partial charge in [0.2, 0.25) is 11.8 Å². The molecule has 162 valence electrons. The molecule has 0 bridgehead atoms. The van der Waals surface area contributed by atoms with Crippen molar-refractivity contribution in [1.82, 2.24) is 9.88 Å². The smallest absolute Gasteiger partial charge is 0.421 e. The zero-order valence-electron chi connectivity index (χ0n) is 17.1. The van der Waals surface area contributed by atoms with Crippen LogP contribution in [0.4, 0.5) is 13.2 Å². The molecule has 0 spiro atoms. The number of rotatable bonds is 5. The largest absolute Gasteiger partial charge is 0.475 e. The van der Waals surface area contributed by atoms with Crippen molar-refractivity contribution in [3.8, 4) is 5.88 Å². The monoisotopic (exact) mass is 414 g/mol. The number of alkyl halides is 3. The molecule has 0 unspecified atom stereocenters. The Morgan fingerprint density at radius 1 is 1.31 bits per heavy atom. The molecule has 3 rings (SSSR count). The number of amides is 1. The highest BCUT2D eigenvalue weighted by Gasteiger charge is 2.44. The molecule has 1 amide bonds. The maximum Gasteiger partial charge on any atom is 0.421 e. The van der Waals surface area contributed by atoms with Crippen molar-refractivity contribution in [1.29, 1.82) is 0 Å². The average molecular weight is 414 g/mol. The molecule has 1 N–H and O–H groups in total. The van der Waals surface area contributed by atoms with Crippen LogP contribution in [0.2, 0.25) is 0 Å². The van der Waals surface area contributed by atoms with Crippen LogP contribution in [-0.4, -0.2) is 45.7 Å². The number of carbonyl (C=O) groups excluding carboxylic acids is 1. The lowest BCUT2D eigenvalue weighted by molar-refractivity contribution is -0.151. The minimum absolute atomic E-state index is 0.0890. The second kappa shape index (κ2) is 8.13. The first kappa shape index (κ1) is 21.9. The lowest BCUT2D eigenvalue weighted by Gasteiger charge is -2.43. The van der Waals surface area contributed by atoms with Gasteiger partial charge in [0.1, 0.15) is 5.56 Å². The number of carbonyl (C=O) groups is 1. The SMILES string of the molecule is CC(C)Oc1nc(CC2CCN(C(=O)[C@H]3C[C@@](C)(O)C3)CC2)ccc1C(F)(F)F. The van der Waals surface area contributed by atoms with Crippen LogP contribution in [0.5, 0.6) is 5.88 Å². The minimum atomic E-state index is -4.51. The number of ether oxygens (including phenoxy) is 1. The maximum absolute atomic E-state index is 13.2. The van der Waals surface area contributed by atoms with Gasteiger partial charge in [0.25, 0.3) is 0 Å². The minimum Gasteiger partial charge on any atom is -0.475 e. The van der Waals surface area contributed by atoms with Crippen molar-refractivity contribution in [2.24, 2.45) is 11.8 Å². The molecule has 1 aliphatic carbocycles. The van der Waals surface area contributed by atoms with E-state index in [4.69, 9.17) is 4.74 Å². The summed E-state index contributed by atoms with van der Waals surface area (Å²) in [5.74, 6) is -0.0848. The Morgan fingerprint density at radius 3 is 2.45 bits per heavy atom. The quantitative estimate of drug-likeness (QED) is 0.796. The predicted molar refractivity (Wildman–Crippen MR) is 101 cm³/mol. The number of nitrogens with zero attached hydrogens (tertiary/aromatic N) is 2. The van der Waals surface area contributed by atoms with Gasteiger partial charge in [0, 0.05) is 24.7 Å². The third-order valence-corrected chi connectivity index (χ3v) is 5.72. The van der Waals surface area contributed by atoms with Crippen LogP contribution in [0, 0.1) is 11.8 Å². The fourth-order valence-electron chi connectivity index (χ4n) is 4.21. The van der Waals surface area contributed by atoms with Gasteiger partial charge < -0.3 is 14.7 Å². The van der Waals surface area contributed by atoms with E-state index in [0.29, 0.717) is 38.0 Å². The molecule has 2 aliphatic rings. The number of aromatic nitrogens is 1. The van der Waals surface area contributed by atoms with E-state index >= 15 is 0 Å². The topological polar surface area (TPSA) is 62.7 Å². The van der Waals surface area contributed by atoms with Gasteiger partial charge in [-0.25, -0.2) is 4.98 Å². The van der Waals surface area contributed by atoms with Crippen LogP contribution in [0.15, 0.2) is 12.1 Å². The summed E-state index contributed by atoms with van der Waals surface area (Å²) >= 11 is 0. The first-order valence-corrected chi connectivity index (χ1v) is 10.2. The Morgan fingerprint density at radius 2 is 1.93 bits per heavy atom. The van der Waals surface area contributed by atoms with Crippen molar-refractivity contribution in [2.45, 2.75) is 70.8 Å². The molecule has 0 radical (unpaired) electrons. The summed E-state index contributed by atoms with van der Waals surface area (Å²) in [4.78, 5) is 18.5. The van der Waals surface area contributed by atoms with Crippen LogP contribution < -0.4 is 4.74 Å². The highest BCUT2D eigenvalue weighted by Crippen LogP contribution is 2.39. The van der Waals surface area contributed by atoms with E-state index < -0.39 is 23.4 Å². The van der Waals surface area contributed by atoms with Crippen LogP contribution in [0.3, 0.4) is 0 Å².